The van der Waals surface area contributed by atoms with E-state index in [0.29, 0.717) is 13.1 Å². The number of benzene rings is 1. The molecule has 4 nitrogen and oxygen atoms in total. The molecule has 0 aromatic heterocycles. The van der Waals surface area contributed by atoms with Gasteiger partial charge in [-0.1, -0.05) is 12.1 Å². The van der Waals surface area contributed by atoms with Crippen LogP contribution < -0.4 is 5.32 Å². The van der Waals surface area contributed by atoms with Crippen molar-refractivity contribution < 1.29 is 14.3 Å². The Balaban J connectivity index is 1.54. The highest BCUT2D eigenvalue weighted by Crippen LogP contribution is 2.31. The van der Waals surface area contributed by atoms with Crippen molar-refractivity contribution in [1.82, 2.24) is 10.2 Å². The van der Waals surface area contributed by atoms with E-state index in [4.69, 9.17) is 0 Å². The molecule has 2 atom stereocenters. The van der Waals surface area contributed by atoms with Crippen LogP contribution in [-0.4, -0.2) is 46.7 Å². The number of nitrogens with zero attached hydrogens (tertiary/aromatic N) is 1. The summed E-state index contributed by atoms with van der Waals surface area (Å²) >= 11 is 1.75. The summed E-state index contributed by atoms with van der Waals surface area (Å²) in [5, 5.41) is 13.6. The summed E-state index contributed by atoms with van der Waals surface area (Å²) in [5.74, 6) is 1.70. The summed E-state index contributed by atoms with van der Waals surface area (Å²) in [5.41, 5.74) is 0.750. The van der Waals surface area contributed by atoms with Gasteiger partial charge in [-0.25, -0.2) is 4.39 Å². The van der Waals surface area contributed by atoms with Crippen molar-refractivity contribution in [3.05, 3.63) is 35.6 Å². The van der Waals surface area contributed by atoms with Crippen molar-refractivity contribution in [1.29, 1.82) is 0 Å². The quantitative estimate of drug-likeness (QED) is 0.890. The second kappa shape index (κ2) is 6.98. The molecule has 3 rings (SSSR count). The lowest BCUT2D eigenvalue weighted by Crippen LogP contribution is -2.48. The van der Waals surface area contributed by atoms with E-state index in [1.165, 1.54) is 12.1 Å². The molecule has 2 saturated heterocycles. The Morgan fingerprint density at radius 3 is 2.59 bits per heavy atom. The van der Waals surface area contributed by atoms with Crippen LogP contribution in [0, 0.1) is 11.7 Å². The number of hydrogen-bond acceptors (Lipinski definition) is 4. The number of amides is 1. The number of hydrogen-bond donors (Lipinski definition) is 2. The number of piperidine rings is 1. The Kier molecular flexibility index (Phi) is 5.00. The molecule has 2 fully saturated rings. The lowest BCUT2D eigenvalue weighted by molar-refractivity contribution is -0.134. The number of rotatable bonds is 3. The summed E-state index contributed by atoms with van der Waals surface area (Å²) < 4.78 is 12.9. The minimum Gasteiger partial charge on any atom is -0.388 e. The van der Waals surface area contributed by atoms with Gasteiger partial charge in [0.05, 0.1) is 12.1 Å². The first-order chi connectivity index (χ1) is 10.6. The monoisotopic (exact) mass is 324 g/mol. The van der Waals surface area contributed by atoms with Crippen molar-refractivity contribution >= 4 is 17.7 Å². The molecule has 22 heavy (non-hydrogen) atoms. The smallest absolute Gasteiger partial charge is 0.240 e. The second-order valence-corrected chi connectivity index (χ2v) is 6.96. The van der Waals surface area contributed by atoms with E-state index in [1.807, 2.05) is 4.90 Å². The number of halogens is 1. The SMILES string of the molecule is O=C([C@@H]1CSCN1)N1CCC([C@@H](O)c2ccc(F)cc2)CC1. The predicted molar refractivity (Wildman–Crippen MR) is 84.9 cm³/mol. The van der Waals surface area contributed by atoms with Gasteiger partial charge in [-0.3, -0.25) is 10.1 Å². The van der Waals surface area contributed by atoms with Gasteiger partial charge in [-0.2, -0.15) is 0 Å². The van der Waals surface area contributed by atoms with Crippen LogP contribution >= 0.6 is 11.8 Å². The Morgan fingerprint density at radius 2 is 2.00 bits per heavy atom. The largest absolute Gasteiger partial charge is 0.388 e. The molecule has 1 aromatic carbocycles. The zero-order chi connectivity index (χ0) is 15.5. The first kappa shape index (κ1) is 15.8. The maximum absolute atomic E-state index is 12.9. The van der Waals surface area contributed by atoms with Gasteiger partial charge < -0.3 is 10.0 Å². The third-order valence-electron chi connectivity index (χ3n) is 4.52. The zero-order valence-electron chi connectivity index (χ0n) is 12.4. The molecule has 0 saturated carbocycles. The lowest BCUT2D eigenvalue weighted by atomic mass is 9.87. The highest BCUT2D eigenvalue weighted by molar-refractivity contribution is 7.99. The molecular formula is C16H21FN2O2S. The van der Waals surface area contributed by atoms with Crippen LogP contribution in [0.5, 0.6) is 0 Å². The summed E-state index contributed by atoms with van der Waals surface area (Å²) in [4.78, 5) is 14.2. The van der Waals surface area contributed by atoms with Gasteiger partial charge >= 0.3 is 0 Å². The first-order valence-electron chi connectivity index (χ1n) is 7.68. The Bertz CT molecular complexity index is 511. The van der Waals surface area contributed by atoms with Crippen LogP contribution in [0.25, 0.3) is 0 Å². The van der Waals surface area contributed by atoms with Crippen molar-refractivity contribution in [2.45, 2.75) is 25.0 Å². The summed E-state index contributed by atoms with van der Waals surface area (Å²) in [6.07, 6.45) is 0.979. The molecule has 1 amide bonds. The van der Waals surface area contributed by atoms with E-state index in [2.05, 4.69) is 5.32 Å². The molecule has 0 aliphatic carbocycles. The molecular weight excluding hydrogens is 303 g/mol. The fourth-order valence-electron chi connectivity index (χ4n) is 3.14. The molecule has 1 aromatic rings. The minimum absolute atomic E-state index is 0.0522. The van der Waals surface area contributed by atoms with Crippen LogP contribution in [0.15, 0.2) is 24.3 Å². The summed E-state index contributed by atoms with van der Waals surface area (Å²) in [6.45, 7) is 1.37. The van der Waals surface area contributed by atoms with E-state index in [1.54, 1.807) is 23.9 Å². The van der Waals surface area contributed by atoms with Crippen molar-refractivity contribution in [2.24, 2.45) is 5.92 Å². The zero-order valence-corrected chi connectivity index (χ0v) is 13.2. The molecule has 2 heterocycles. The number of carbonyl (C=O) groups excluding carboxylic acids is 1. The summed E-state index contributed by atoms with van der Waals surface area (Å²) in [6, 6.07) is 5.97. The molecule has 6 heteroatoms. The fourth-order valence-corrected chi connectivity index (χ4v) is 4.07. The Morgan fingerprint density at radius 1 is 1.32 bits per heavy atom. The minimum atomic E-state index is -0.585. The average Bonchev–Trinajstić information content (AvgIpc) is 3.09. The van der Waals surface area contributed by atoms with Crippen LogP contribution in [0.4, 0.5) is 4.39 Å². The molecule has 2 aliphatic rings. The molecule has 120 valence electrons. The maximum atomic E-state index is 12.9. The third-order valence-corrected chi connectivity index (χ3v) is 5.46. The van der Waals surface area contributed by atoms with E-state index in [-0.39, 0.29) is 23.7 Å². The number of nitrogens with one attached hydrogen (secondary N) is 1. The van der Waals surface area contributed by atoms with E-state index >= 15 is 0 Å². The molecule has 2 aliphatic heterocycles. The Hall–Kier alpha value is -1.11. The van der Waals surface area contributed by atoms with Crippen LogP contribution in [-0.2, 0) is 4.79 Å². The van der Waals surface area contributed by atoms with Gasteiger partial charge in [0.15, 0.2) is 0 Å². The van der Waals surface area contributed by atoms with Crippen LogP contribution in [0.3, 0.4) is 0 Å². The van der Waals surface area contributed by atoms with Gasteiger partial charge in [-0.05, 0) is 36.5 Å². The van der Waals surface area contributed by atoms with Crippen LogP contribution in [0.2, 0.25) is 0 Å². The highest BCUT2D eigenvalue weighted by atomic mass is 32.2. The van der Waals surface area contributed by atoms with Crippen molar-refractivity contribution in [3.63, 3.8) is 0 Å². The molecule has 2 N–H and O–H groups in total. The summed E-state index contributed by atoms with van der Waals surface area (Å²) in [7, 11) is 0. The number of aliphatic hydroxyl groups is 1. The molecule has 0 spiro atoms. The van der Waals surface area contributed by atoms with Crippen LogP contribution in [0.1, 0.15) is 24.5 Å². The molecule has 0 radical (unpaired) electrons. The standard InChI is InChI=1S/C16H21FN2O2S/c17-13-3-1-11(2-4-13)15(20)12-5-7-19(8-6-12)16(21)14-9-22-10-18-14/h1-4,12,14-15,18,20H,5-10H2/t14-,15-/m0/s1. The first-order valence-corrected chi connectivity index (χ1v) is 8.84. The van der Waals surface area contributed by atoms with E-state index in [0.717, 1.165) is 30.0 Å². The second-order valence-electron chi connectivity index (χ2n) is 5.93. The number of thioether (sulfide) groups is 1. The molecule has 0 unspecified atom stereocenters. The number of carbonyl (C=O) groups is 1. The third kappa shape index (κ3) is 3.45. The molecule has 0 bridgehead atoms. The highest BCUT2D eigenvalue weighted by Gasteiger charge is 2.32. The van der Waals surface area contributed by atoms with E-state index < -0.39 is 6.10 Å². The lowest BCUT2D eigenvalue weighted by Gasteiger charge is -2.35. The van der Waals surface area contributed by atoms with Gasteiger partial charge in [-0.15, -0.1) is 11.8 Å². The van der Waals surface area contributed by atoms with Gasteiger partial charge in [0, 0.05) is 24.7 Å². The topological polar surface area (TPSA) is 52.6 Å². The predicted octanol–water partition coefficient (Wildman–Crippen LogP) is 1.76. The van der Waals surface area contributed by atoms with Gasteiger partial charge in [0.25, 0.3) is 0 Å². The van der Waals surface area contributed by atoms with Gasteiger partial charge in [0.2, 0.25) is 5.91 Å². The average molecular weight is 324 g/mol. The number of aliphatic hydroxyl groups excluding tert-OH is 1. The van der Waals surface area contributed by atoms with Gasteiger partial charge in [0.1, 0.15) is 5.82 Å². The fraction of sp³-hybridized carbons (Fsp3) is 0.562. The Labute approximate surface area is 134 Å². The number of likely N-dealkylation sites (tertiary alicyclic amines) is 1. The van der Waals surface area contributed by atoms with E-state index in [9.17, 15) is 14.3 Å². The van der Waals surface area contributed by atoms with Crippen molar-refractivity contribution in [3.8, 4) is 0 Å². The van der Waals surface area contributed by atoms with Crippen molar-refractivity contribution in [2.75, 3.05) is 24.7 Å². The maximum Gasteiger partial charge on any atom is 0.240 e. The normalized spacial score (nSPS) is 24.5.